The van der Waals surface area contributed by atoms with Gasteiger partial charge in [-0.15, -0.1) is 12.4 Å². The van der Waals surface area contributed by atoms with Crippen LogP contribution in [-0.2, 0) is 19.5 Å². The standard InChI is InChI=1S/C34H45F2N3O2.ClH/c1-6-7-11-39(5)22-27-12-24(4)13-29(15-27)34(41)38-32(18-26-16-30(35)19-31(36)17-26)33(40)21-37-20-25-9-8-10-28(14-25)23(2)3;/h8-10,12-17,19,23,32-33,37,40H,6-7,11,18,20-22H2,1-5H3,(H,38,41);1H/t32-,33-;/m0./s1. The van der Waals surface area contributed by atoms with Gasteiger partial charge in [-0.25, -0.2) is 8.78 Å². The summed E-state index contributed by atoms with van der Waals surface area (Å²) in [5.74, 6) is -1.32. The molecule has 0 aliphatic rings. The number of amides is 1. The van der Waals surface area contributed by atoms with Gasteiger partial charge in [-0.3, -0.25) is 4.79 Å². The van der Waals surface area contributed by atoms with Crippen molar-refractivity contribution in [3.05, 3.63) is 106 Å². The fourth-order valence-corrected chi connectivity index (χ4v) is 4.99. The number of aliphatic hydroxyl groups excluding tert-OH is 1. The van der Waals surface area contributed by atoms with Crippen LogP contribution in [0.1, 0.15) is 77.7 Å². The van der Waals surface area contributed by atoms with Gasteiger partial charge in [-0.2, -0.15) is 0 Å². The van der Waals surface area contributed by atoms with Crippen molar-refractivity contribution in [1.82, 2.24) is 15.5 Å². The number of carbonyl (C=O) groups is 1. The summed E-state index contributed by atoms with van der Waals surface area (Å²) >= 11 is 0. The van der Waals surface area contributed by atoms with E-state index in [1.807, 2.05) is 31.2 Å². The van der Waals surface area contributed by atoms with Crippen LogP contribution in [-0.4, -0.2) is 48.2 Å². The summed E-state index contributed by atoms with van der Waals surface area (Å²) in [7, 11) is 2.06. The van der Waals surface area contributed by atoms with E-state index in [0.29, 0.717) is 23.6 Å². The maximum atomic E-state index is 14.0. The SMILES string of the molecule is CCCCN(C)Cc1cc(C)cc(C(=O)N[C@@H](Cc2cc(F)cc(F)c2)[C@@H](O)CNCc2cccc(C(C)C)c2)c1.Cl. The van der Waals surface area contributed by atoms with Gasteiger partial charge in [0.15, 0.2) is 0 Å². The number of aliphatic hydroxyl groups is 1. The lowest BCUT2D eigenvalue weighted by molar-refractivity contribution is 0.0829. The average molecular weight is 602 g/mol. The second kappa shape index (κ2) is 17.3. The predicted molar refractivity (Wildman–Crippen MR) is 169 cm³/mol. The Morgan fingerprint density at radius 3 is 2.36 bits per heavy atom. The molecule has 2 atom stereocenters. The molecule has 1 amide bonds. The smallest absolute Gasteiger partial charge is 0.251 e. The molecular formula is C34H46ClF2N3O2. The third-order valence-corrected chi connectivity index (χ3v) is 7.20. The minimum atomic E-state index is -0.997. The van der Waals surface area contributed by atoms with E-state index in [4.69, 9.17) is 0 Å². The number of nitrogens with one attached hydrogen (secondary N) is 2. The molecule has 3 N–H and O–H groups in total. The van der Waals surface area contributed by atoms with Gasteiger partial charge in [-0.1, -0.05) is 63.1 Å². The monoisotopic (exact) mass is 601 g/mol. The van der Waals surface area contributed by atoms with Gasteiger partial charge in [0.25, 0.3) is 5.91 Å². The average Bonchev–Trinajstić information content (AvgIpc) is 2.90. The molecule has 3 aromatic rings. The van der Waals surface area contributed by atoms with Crippen LogP contribution in [0.4, 0.5) is 8.78 Å². The zero-order valence-electron chi connectivity index (χ0n) is 25.4. The molecule has 0 radical (unpaired) electrons. The van der Waals surface area contributed by atoms with Crippen molar-refractivity contribution >= 4 is 18.3 Å². The molecule has 0 saturated heterocycles. The molecule has 5 nitrogen and oxygen atoms in total. The van der Waals surface area contributed by atoms with Crippen LogP contribution in [0, 0.1) is 18.6 Å². The minimum Gasteiger partial charge on any atom is -0.390 e. The molecule has 0 aromatic heterocycles. The van der Waals surface area contributed by atoms with Crippen molar-refractivity contribution in [3.63, 3.8) is 0 Å². The van der Waals surface area contributed by atoms with Crippen LogP contribution in [0.25, 0.3) is 0 Å². The summed E-state index contributed by atoms with van der Waals surface area (Å²) < 4.78 is 27.9. The number of nitrogens with zero attached hydrogens (tertiary/aromatic N) is 1. The Kier molecular flexibility index (Phi) is 14.6. The lowest BCUT2D eigenvalue weighted by Gasteiger charge is -2.25. The Hall–Kier alpha value is -2.84. The quantitative estimate of drug-likeness (QED) is 0.185. The van der Waals surface area contributed by atoms with E-state index in [9.17, 15) is 18.7 Å². The Bertz CT molecular complexity index is 1270. The predicted octanol–water partition coefficient (Wildman–Crippen LogP) is 6.54. The van der Waals surface area contributed by atoms with Crippen molar-refractivity contribution in [3.8, 4) is 0 Å². The lowest BCUT2D eigenvalue weighted by atomic mass is 9.99. The van der Waals surface area contributed by atoms with Crippen LogP contribution in [0.2, 0.25) is 0 Å². The molecule has 230 valence electrons. The number of carbonyl (C=O) groups excluding carboxylic acids is 1. The summed E-state index contributed by atoms with van der Waals surface area (Å²) in [6.45, 7) is 10.8. The number of aryl methyl sites for hydroxylation is 1. The van der Waals surface area contributed by atoms with Gasteiger partial charge in [0, 0.05) is 31.3 Å². The number of hydrogen-bond acceptors (Lipinski definition) is 4. The first-order valence-corrected chi connectivity index (χ1v) is 14.6. The highest BCUT2D eigenvalue weighted by Crippen LogP contribution is 2.17. The molecule has 0 fully saturated rings. The topological polar surface area (TPSA) is 64.6 Å². The fraction of sp³-hybridized carbons (Fsp3) is 0.441. The number of halogens is 3. The second-order valence-corrected chi connectivity index (χ2v) is 11.5. The first-order valence-electron chi connectivity index (χ1n) is 14.6. The molecular weight excluding hydrogens is 556 g/mol. The summed E-state index contributed by atoms with van der Waals surface area (Å²) in [4.78, 5) is 15.7. The lowest BCUT2D eigenvalue weighted by Crippen LogP contribution is -2.48. The third-order valence-electron chi connectivity index (χ3n) is 7.20. The van der Waals surface area contributed by atoms with Crippen molar-refractivity contribution < 1.29 is 18.7 Å². The Morgan fingerprint density at radius 1 is 0.976 bits per heavy atom. The zero-order valence-corrected chi connectivity index (χ0v) is 26.2. The number of unbranched alkanes of at least 4 members (excludes halogenated alkanes) is 1. The van der Waals surface area contributed by atoms with Crippen LogP contribution in [0.3, 0.4) is 0 Å². The van der Waals surface area contributed by atoms with E-state index in [2.05, 4.69) is 61.6 Å². The largest absolute Gasteiger partial charge is 0.390 e. The zero-order chi connectivity index (χ0) is 29.9. The van der Waals surface area contributed by atoms with Gasteiger partial charge in [0.2, 0.25) is 0 Å². The fourth-order valence-electron chi connectivity index (χ4n) is 4.99. The Morgan fingerprint density at radius 2 is 1.69 bits per heavy atom. The van der Waals surface area contributed by atoms with E-state index in [-0.39, 0.29) is 31.3 Å². The van der Waals surface area contributed by atoms with Crippen LogP contribution in [0.5, 0.6) is 0 Å². The van der Waals surface area contributed by atoms with Gasteiger partial charge in [-0.05, 0) is 85.8 Å². The highest BCUT2D eigenvalue weighted by atomic mass is 35.5. The molecule has 42 heavy (non-hydrogen) atoms. The summed E-state index contributed by atoms with van der Waals surface area (Å²) in [5, 5.41) is 17.4. The highest BCUT2D eigenvalue weighted by Gasteiger charge is 2.23. The number of hydrogen-bond donors (Lipinski definition) is 3. The van der Waals surface area contributed by atoms with Gasteiger partial charge >= 0.3 is 0 Å². The van der Waals surface area contributed by atoms with Crippen LogP contribution < -0.4 is 10.6 Å². The van der Waals surface area contributed by atoms with Crippen molar-refractivity contribution in [2.24, 2.45) is 0 Å². The molecule has 3 aromatic carbocycles. The maximum Gasteiger partial charge on any atom is 0.251 e. The van der Waals surface area contributed by atoms with Gasteiger partial charge in [0.1, 0.15) is 11.6 Å². The molecule has 0 bridgehead atoms. The second-order valence-electron chi connectivity index (χ2n) is 11.5. The first-order chi connectivity index (χ1) is 19.5. The molecule has 0 unspecified atom stereocenters. The third kappa shape index (κ3) is 11.4. The first kappa shape index (κ1) is 35.4. The molecule has 0 aliphatic carbocycles. The number of benzene rings is 3. The van der Waals surface area contributed by atoms with E-state index < -0.39 is 23.8 Å². The normalized spacial score (nSPS) is 12.7. The van der Waals surface area contributed by atoms with Gasteiger partial charge < -0.3 is 20.6 Å². The Labute approximate surface area is 256 Å². The van der Waals surface area contributed by atoms with Crippen LogP contribution >= 0.6 is 12.4 Å². The molecule has 3 rings (SSSR count). The van der Waals surface area contributed by atoms with E-state index in [0.717, 1.165) is 48.7 Å². The van der Waals surface area contributed by atoms with E-state index in [1.54, 1.807) is 0 Å². The molecule has 0 saturated carbocycles. The maximum absolute atomic E-state index is 14.0. The molecule has 0 aliphatic heterocycles. The van der Waals surface area contributed by atoms with Crippen molar-refractivity contribution in [2.45, 2.75) is 78.1 Å². The highest BCUT2D eigenvalue weighted by molar-refractivity contribution is 5.94. The number of rotatable bonds is 15. The minimum absolute atomic E-state index is 0. The Balaban J connectivity index is 0.00000616. The van der Waals surface area contributed by atoms with Crippen LogP contribution in [0.15, 0.2) is 60.7 Å². The molecule has 0 spiro atoms. The summed E-state index contributed by atoms with van der Waals surface area (Å²) in [6, 6.07) is 16.5. The van der Waals surface area contributed by atoms with E-state index in [1.165, 1.54) is 17.7 Å². The van der Waals surface area contributed by atoms with E-state index >= 15 is 0 Å². The van der Waals surface area contributed by atoms with Gasteiger partial charge in [0.05, 0.1) is 12.1 Å². The summed E-state index contributed by atoms with van der Waals surface area (Å²) in [6.07, 6.45) is 1.30. The van der Waals surface area contributed by atoms with Crippen molar-refractivity contribution in [2.75, 3.05) is 20.1 Å². The van der Waals surface area contributed by atoms with Crippen molar-refractivity contribution in [1.29, 1.82) is 0 Å². The summed E-state index contributed by atoms with van der Waals surface area (Å²) in [5.41, 5.74) is 5.17. The molecule has 0 heterocycles. The molecule has 8 heteroatoms.